The van der Waals surface area contributed by atoms with Crippen LogP contribution in [0.1, 0.15) is 17.5 Å². The number of methoxy groups -OCH3 is 1. The molecule has 0 atom stereocenters. The smallest absolute Gasteiger partial charge is 0.324 e. The first-order chi connectivity index (χ1) is 14.5. The maximum absolute atomic E-state index is 13.3. The first kappa shape index (κ1) is 21.2. The lowest BCUT2D eigenvalue weighted by Gasteiger charge is -2.36. The predicted octanol–water partition coefficient (Wildman–Crippen LogP) is 4.14. The van der Waals surface area contributed by atoms with E-state index in [4.69, 9.17) is 4.74 Å². The van der Waals surface area contributed by atoms with Crippen molar-refractivity contribution in [3.05, 3.63) is 66.2 Å². The second kappa shape index (κ2) is 9.82. The van der Waals surface area contributed by atoms with Gasteiger partial charge in [0.05, 0.1) is 18.5 Å². The van der Waals surface area contributed by atoms with Crippen LogP contribution in [0, 0.1) is 6.92 Å². The Morgan fingerprint density at radius 2 is 2.07 bits per heavy atom. The number of nitrogens with one attached hydrogen (secondary N) is 2. The summed E-state index contributed by atoms with van der Waals surface area (Å²) >= 11 is 0. The number of amides is 4. The van der Waals surface area contributed by atoms with Gasteiger partial charge in [-0.05, 0) is 48.7 Å². The van der Waals surface area contributed by atoms with Crippen LogP contribution < -0.4 is 20.3 Å². The molecule has 3 rings (SSSR count). The summed E-state index contributed by atoms with van der Waals surface area (Å²) in [7, 11) is 1.63. The summed E-state index contributed by atoms with van der Waals surface area (Å²) in [5.74, 6) is 0.768. The molecule has 158 valence electrons. The molecule has 7 heteroatoms. The Labute approximate surface area is 177 Å². The fraction of sp³-hybridized carbons (Fsp3) is 0.304. The number of carbonyl (C=O) groups is 2. The van der Waals surface area contributed by atoms with Gasteiger partial charge >= 0.3 is 12.1 Å². The molecule has 0 spiro atoms. The van der Waals surface area contributed by atoms with Gasteiger partial charge < -0.3 is 20.3 Å². The summed E-state index contributed by atoms with van der Waals surface area (Å²) < 4.78 is 5.29. The minimum Gasteiger partial charge on any atom is -0.497 e. The highest BCUT2D eigenvalue weighted by Gasteiger charge is 2.28. The van der Waals surface area contributed by atoms with Crippen molar-refractivity contribution in [3.8, 4) is 5.75 Å². The van der Waals surface area contributed by atoms with Gasteiger partial charge in [0.2, 0.25) is 0 Å². The zero-order chi connectivity index (χ0) is 21.5. The molecule has 2 aromatic rings. The monoisotopic (exact) mass is 408 g/mol. The third-order valence-electron chi connectivity index (χ3n) is 4.92. The van der Waals surface area contributed by atoms with E-state index in [1.165, 1.54) is 0 Å². The van der Waals surface area contributed by atoms with Gasteiger partial charge in [-0.3, -0.25) is 4.90 Å². The molecular formula is C23H28N4O3. The van der Waals surface area contributed by atoms with Crippen molar-refractivity contribution in [2.75, 3.05) is 37.0 Å². The molecule has 0 radical (unpaired) electrons. The van der Waals surface area contributed by atoms with E-state index in [9.17, 15) is 9.59 Å². The second-order valence-electron chi connectivity index (χ2n) is 7.21. The number of urea groups is 2. The fourth-order valence-electron chi connectivity index (χ4n) is 3.46. The van der Waals surface area contributed by atoms with Gasteiger partial charge in [-0.15, -0.1) is 6.58 Å². The van der Waals surface area contributed by atoms with Crippen LogP contribution >= 0.6 is 0 Å². The summed E-state index contributed by atoms with van der Waals surface area (Å²) in [5, 5.41) is 5.56. The standard InChI is InChI=1S/C23H28N4O3/c1-4-11-24-22(28)25-20-14-17(2)9-10-21(20)27-13-6-12-26(23(27)29)16-18-7-5-8-19(15-18)30-3/h4-5,7-10,14-15H,1,6,11-13,16H2,2-3H3,(H2,24,25,28). The third kappa shape index (κ3) is 5.11. The molecule has 4 amide bonds. The Hall–Kier alpha value is -3.48. The maximum Gasteiger partial charge on any atom is 0.324 e. The van der Waals surface area contributed by atoms with E-state index in [-0.39, 0.29) is 12.1 Å². The number of benzene rings is 2. The van der Waals surface area contributed by atoms with Gasteiger partial charge in [0.1, 0.15) is 5.75 Å². The van der Waals surface area contributed by atoms with Gasteiger partial charge in [0, 0.05) is 26.2 Å². The summed E-state index contributed by atoms with van der Waals surface area (Å²) in [6, 6.07) is 13.0. The molecule has 1 fully saturated rings. The Balaban J connectivity index is 1.80. The molecule has 30 heavy (non-hydrogen) atoms. The van der Waals surface area contributed by atoms with Crippen molar-refractivity contribution >= 4 is 23.4 Å². The van der Waals surface area contributed by atoms with E-state index < -0.39 is 0 Å². The SMILES string of the molecule is C=CCNC(=O)Nc1cc(C)ccc1N1CCCN(Cc2cccc(OC)c2)C1=O. The van der Waals surface area contributed by atoms with Crippen LogP contribution in [0.4, 0.5) is 21.0 Å². The number of anilines is 2. The van der Waals surface area contributed by atoms with Crippen molar-refractivity contribution in [3.63, 3.8) is 0 Å². The number of nitrogens with zero attached hydrogens (tertiary/aromatic N) is 2. The molecule has 2 N–H and O–H groups in total. The second-order valence-corrected chi connectivity index (χ2v) is 7.21. The minimum atomic E-state index is -0.334. The van der Waals surface area contributed by atoms with E-state index in [1.807, 2.05) is 54.3 Å². The largest absolute Gasteiger partial charge is 0.497 e. The van der Waals surface area contributed by atoms with Crippen LogP contribution in [-0.4, -0.2) is 43.7 Å². The van der Waals surface area contributed by atoms with Crippen molar-refractivity contribution < 1.29 is 14.3 Å². The lowest BCUT2D eigenvalue weighted by Crippen LogP contribution is -2.49. The first-order valence-corrected chi connectivity index (χ1v) is 9.97. The highest BCUT2D eigenvalue weighted by atomic mass is 16.5. The maximum atomic E-state index is 13.3. The Morgan fingerprint density at radius 1 is 1.23 bits per heavy atom. The van der Waals surface area contributed by atoms with Crippen LogP contribution in [-0.2, 0) is 6.54 Å². The minimum absolute atomic E-state index is 0.0810. The van der Waals surface area contributed by atoms with Gasteiger partial charge in [-0.2, -0.15) is 0 Å². The summed E-state index contributed by atoms with van der Waals surface area (Å²) in [6.07, 6.45) is 2.45. The van der Waals surface area contributed by atoms with E-state index in [0.717, 1.165) is 23.3 Å². The number of carbonyl (C=O) groups excluding carboxylic acids is 2. The van der Waals surface area contributed by atoms with Gasteiger partial charge in [-0.25, -0.2) is 9.59 Å². The summed E-state index contributed by atoms with van der Waals surface area (Å²) in [4.78, 5) is 29.0. The zero-order valence-electron chi connectivity index (χ0n) is 17.5. The van der Waals surface area contributed by atoms with E-state index in [2.05, 4.69) is 17.2 Å². The van der Waals surface area contributed by atoms with Crippen molar-refractivity contribution in [2.24, 2.45) is 0 Å². The predicted molar refractivity (Wildman–Crippen MR) is 119 cm³/mol. The van der Waals surface area contributed by atoms with E-state index in [1.54, 1.807) is 18.1 Å². The number of ether oxygens (including phenoxy) is 1. The average Bonchev–Trinajstić information content (AvgIpc) is 2.74. The third-order valence-corrected chi connectivity index (χ3v) is 4.92. The molecule has 0 saturated carbocycles. The molecule has 0 aromatic heterocycles. The molecule has 1 aliphatic rings. The topological polar surface area (TPSA) is 73.9 Å². The molecule has 1 aliphatic heterocycles. The zero-order valence-corrected chi connectivity index (χ0v) is 17.5. The van der Waals surface area contributed by atoms with Crippen molar-refractivity contribution in [1.82, 2.24) is 10.2 Å². The van der Waals surface area contributed by atoms with Crippen LogP contribution in [0.3, 0.4) is 0 Å². The number of hydrogen-bond donors (Lipinski definition) is 2. The van der Waals surface area contributed by atoms with Crippen LogP contribution in [0.2, 0.25) is 0 Å². The normalized spacial score (nSPS) is 13.7. The Kier molecular flexibility index (Phi) is 6.95. The van der Waals surface area contributed by atoms with Crippen molar-refractivity contribution in [2.45, 2.75) is 19.9 Å². The quantitative estimate of drug-likeness (QED) is 0.676. The fourth-order valence-corrected chi connectivity index (χ4v) is 3.46. The molecule has 0 aliphatic carbocycles. The highest BCUT2D eigenvalue weighted by Crippen LogP contribution is 2.30. The Morgan fingerprint density at radius 3 is 2.83 bits per heavy atom. The molecule has 0 unspecified atom stereocenters. The molecule has 1 heterocycles. The van der Waals surface area contributed by atoms with Crippen LogP contribution in [0.5, 0.6) is 5.75 Å². The van der Waals surface area contributed by atoms with Gasteiger partial charge in [-0.1, -0.05) is 24.3 Å². The highest BCUT2D eigenvalue weighted by molar-refractivity contribution is 6.00. The average molecular weight is 409 g/mol. The number of rotatable bonds is 7. The van der Waals surface area contributed by atoms with Crippen LogP contribution in [0.25, 0.3) is 0 Å². The lowest BCUT2D eigenvalue weighted by molar-refractivity contribution is 0.192. The molecule has 1 saturated heterocycles. The number of hydrogen-bond acceptors (Lipinski definition) is 3. The Bertz CT molecular complexity index is 928. The van der Waals surface area contributed by atoms with Crippen LogP contribution in [0.15, 0.2) is 55.1 Å². The van der Waals surface area contributed by atoms with Gasteiger partial charge in [0.15, 0.2) is 0 Å². The molecule has 7 nitrogen and oxygen atoms in total. The van der Waals surface area contributed by atoms with Gasteiger partial charge in [0.25, 0.3) is 0 Å². The lowest BCUT2D eigenvalue weighted by atomic mass is 10.1. The summed E-state index contributed by atoms with van der Waals surface area (Å²) in [6.45, 7) is 7.69. The number of aryl methyl sites for hydroxylation is 1. The molecule has 0 bridgehead atoms. The van der Waals surface area contributed by atoms with Crippen molar-refractivity contribution in [1.29, 1.82) is 0 Å². The van der Waals surface area contributed by atoms with E-state index in [0.29, 0.717) is 37.6 Å². The molecule has 2 aromatic carbocycles. The van der Waals surface area contributed by atoms with E-state index >= 15 is 0 Å². The summed E-state index contributed by atoms with van der Waals surface area (Å²) in [5.41, 5.74) is 3.30. The first-order valence-electron chi connectivity index (χ1n) is 9.97. The molecular weight excluding hydrogens is 380 g/mol.